The molecule has 1 aliphatic rings. The number of hydrogen-bond acceptors (Lipinski definition) is 4. The Labute approximate surface area is 151 Å². The summed E-state index contributed by atoms with van der Waals surface area (Å²) in [6.07, 6.45) is 4.19. The summed E-state index contributed by atoms with van der Waals surface area (Å²) in [6.45, 7) is 1.24. The fourth-order valence-electron chi connectivity index (χ4n) is 2.97. The highest BCUT2D eigenvalue weighted by Gasteiger charge is 2.26. The van der Waals surface area contributed by atoms with Gasteiger partial charge in [-0.25, -0.2) is 22.5 Å². The largest absolute Gasteiger partial charge is 0.339 e. The van der Waals surface area contributed by atoms with E-state index < -0.39 is 15.8 Å². The fraction of sp³-hybridized carbons (Fsp3) is 0.412. The molecule has 0 radical (unpaired) electrons. The molecule has 0 spiro atoms. The van der Waals surface area contributed by atoms with E-state index >= 15 is 0 Å². The van der Waals surface area contributed by atoms with Crippen LogP contribution in [0.3, 0.4) is 0 Å². The van der Waals surface area contributed by atoms with Crippen LogP contribution in [-0.2, 0) is 17.1 Å². The SMILES string of the molecule is Cn1cnc(S(=O)(=O)NCC2CCN(C(=O)c3ccccc3F)CC2)c1. The number of carbonyl (C=O) groups is 1. The molecule has 0 unspecified atom stereocenters. The molecule has 9 heteroatoms. The van der Waals surface area contributed by atoms with Crippen LogP contribution in [0.1, 0.15) is 23.2 Å². The summed E-state index contributed by atoms with van der Waals surface area (Å²) in [5.41, 5.74) is 0.0711. The summed E-state index contributed by atoms with van der Waals surface area (Å²) in [6, 6.07) is 5.93. The van der Waals surface area contributed by atoms with Gasteiger partial charge in [-0.15, -0.1) is 0 Å². The molecule has 0 atom stereocenters. The fourth-order valence-corrected chi connectivity index (χ4v) is 4.07. The molecule has 26 heavy (non-hydrogen) atoms. The zero-order chi connectivity index (χ0) is 18.7. The van der Waals surface area contributed by atoms with Crippen LogP contribution >= 0.6 is 0 Å². The lowest BCUT2D eigenvalue weighted by Crippen LogP contribution is -2.41. The first-order valence-corrected chi connectivity index (χ1v) is 9.86. The van der Waals surface area contributed by atoms with Crippen molar-refractivity contribution in [2.75, 3.05) is 19.6 Å². The molecule has 2 aromatic rings. The number of benzene rings is 1. The average Bonchev–Trinajstić information content (AvgIpc) is 3.08. The first-order valence-electron chi connectivity index (χ1n) is 8.38. The molecule has 0 saturated carbocycles. The van der Waals surface area contributed by atoms with E-state index in [1.807, 2.05) is 0 Å². The van der Waals surface area contributed by atoms with Crippen LogP contribution in [-0.4, -0.2) is 48.4 Å². The molecular weight excluding hydrogens is 359 g/mol. The van der Waals surface area contributed by atoms with Crippen LogP contribution in [0.25, 0.3) is 0 Å². The zero-order valence-electron chi connectivity index (χ0n) is 14.4. The number of aromatic nitrogens is 2. The van der Waals surface area contributed by atoms with E-state index in [9.17, 15) is 17.6 Å². The van der Waals surface area contributed by atoms with Gasteiger partial charge in [0.15, 0.2) is 5.03 Å². The van der Waals surface area contributed by atoms with E-state index in [0.29, 0.717) is 32.5 Å². The third-order valence-electron chi connectivity index (χ3n) is 4.52. The number of aryl methyl sites for hydroxylation is 1. The maximum Gasteiger partial charge on any atom is 0.259 e. The number of piperidine rings is 1. The standard InChI is InChI=1S/C17H21FN4O3S/c1-21-11-16(19-12-21)26(24,25)20-10-13-6-8-22(9-7-13)17(23)14-4-2-3-5-15(14)18/h2-5,11-13,20H,6-10H2,1H3. The molecule has 3 rings (SSSR count). The second-order valence-electron chi connectivity index (χ2n) is 6.44. The number of amides is 1. The van der Waals surface area contributed by atoms with Gasteiger partial charge in [0.2, 0.25) is 0 Å². The molecule has 1 N–H and O–H groups in total. The van der Waals surface area contributed by atoms with E-state index in [1.54, 1.807) is 28.6 Å². The van der Waals surface area contributed by atoms with Crippen LogP contribution in [0.15, 0.2) is 41.8 Å². The Hall–Kier alpha value is -2.26. The number of sulfonamides is 1. The number of likely N-dealkylation sites (tertiary alicyclic amines) is 1. The van der Waals surface area contributed by atoms with Gasteiger partial charge < -0.3 is 9.47 Å². The predicted molar refractivity (Wildman–Crippen MR) is 93.4 cm³/mol. The van der Waals surface area contributed by atoms with Gasteiger partial charge in [0.25, 0.3) is 15.9 Å². The Morgan fingerprint density at radius 2 is 2.00 bits per heavy atom. The first-order chi connectivity index (χ1) is 12.4. The number of rotatable bonds is 5. The third kappa shape index (κ3) is 4.10. The number of carbonyl (C=O) groups excluding carboxylic acids is 1. The summed E-state index contributed by atoms with van der Waals surface area (Å²) in [7, 11) is -1.93. The second kappa shape index (κ2) is 7.55. The molecule has 1 aromatic carbocycles. The molecule has 1 fully saturated rings. The van der Waals surface area contributed by atoms with Gasteiger partial charge in [-0.2, -0.15) is 0 Å². The maximum atomic E-state index is 13.8. The lowest BCUT2D eigenvalue weighted by Gasteiger charge is -2.32. The molecule has 140 valence electrons. The van der Waals surface area contributed by atoms with Crippen molar-refractivity contribution in [2.24, 2.45) is 13.0 Å². The quantitative estimate of drug-likeness (QED) is 0.850. The van der Waals surface area contributed by atoms with Gasteiger partial charge in [0.1, 0.15) is 5.82 Å². The van der Waals surface area contributed by atoms with Crippen LogP contribution in [0, 0.1) is 11.7 Å². The molecule has 0 aliphatic carbocycles. The molecule has 0 bridgehead atoms. The highest BCUT2D eigenvalue weighted by Crippen LogP contribution is 2.20. The molecule has 1 amide bonds. The minimum Gasteiger partial charge on any atom is -0.339 e. The number of nitrogens with zero attached hydrogens (tertiary/aromatic N) is 3. The van der Waals surface area contributed by atoms with Gasteiger partial charge in [0, 0.05) is 32.9 Å². The van der Waals surface area contributed by atoms with Crippen molar-refractivity contribution in [3.05, 3.63) is 48.2 Å². The normalized spacial score (nSPS) is 16.0. The number of hydrogen-bond donors (Lipinski definition) is 1. The van der Waals surface area contributed by atoms with Crippen molar-refractivity contribution >= 4 is 15.9 Å². The zero-order valence-corrected chi connectivity index (χ0v) is 15.2. The van der Waals surface area contributed by atoms with Crippen molar-refractivity contribution in [1.29, 1.82) is 0 Å². The Morgan fingerprint density at radius 3 is 2.62 bits per heavy atom. The maximum absolute atomic E-state index is 13.8. The monoisotopic (exact) mass is 380 g/mol. The summed E-state index contributed by atoms with van der Waals surface area (Å²) >= 11 is 0. The summed E-state index contributed by atoms with van der Waals surface area (Å²) in [5, 5.41) is -0.00725. The minimum atomic E-state index is -3.63. The van der Waals surface area contributed by atoms with E-state index in [1.165, 1.54) is 24.7 Å². The minimum absolute atomic E-state index is 0.00725. The average molecular weight is 380 g/mol. The van der Waals surface area contributed by atoms with E-state index in [-0.39, 0.29) is 22.4 Å². The van der Waals surface area contributed by atoms with Crippen molar-refractivity contribution in [3.63, 3.8) is 0 Å². The van der Waals surface area contributed by atoms with E-state index in [2.05, 4.69) is 9.71 Å². The number of nitrogens with one attached hydrogen (secondary N) is 1. The summed E-state index contributed by atoms with van der Waals surface area (Å²) in [5.74, 6) is -0.725. The van der Waals surface area contributed by atoms with Crippen LogP contribution in [0.5, 0.6) is 0 Å². The predicted octanol–water partition coefficient (Wildman–Crippen LogP) is 1.39. The molecule has 1 aliphatic heterocycles. The van der Waals surface area contributed by atoms with Gasteiger partial charge in [-0.3, -0.25) is 4.79 Å². The number of halogens is 1. The molecule has 2 heterocycles. The van der Waals surface area contributed by atoms with Crippen molar-refractivity contribution in [1.82, 2.24) is 19.2 Å². The molecule has 1 saturated heterocycles. The Balaban J connectivity index is 1.53. The Kier molecular flexibility index (Phi) is 5.38. The van der Waals surface area contributed by atoms with Gasteiger partial charge in [-0.05, 0) is 30.9 Å². The van der Waals surface area contributed by atoms with Crippen molar-refractivity contribution in [2.45, 2.75) is 17.9 Å². The van der Waals surface area contributed by atoms with E-state index in [0.717, 1.165) is 0 Å². The first kappa shape index (κ1) is 18.5. The molecule has 7 nitrogen and oxygen atoms in total. The second-order valence-corrected chi connectivity index (χ2v) is 8.16. The Bertz CT molecular complexity index is 889. The lowest BCUT2D eigenvalue weighted by atomic mass is 9.96. The van der Waals surface area contributed by atoms with Crippen LogP contribution in [0.4, 0.5) is 4.39 Å². The van der Waals surface area contributed by atoms with Crippen LogP contribution < -0.4 is 4.72 Å². The van der Waals surface area contributed by atoms with Gasteiger partial charge >= 0.3 is 0 Å². The molecular formula is C17H21FN4O3S. The highest BCUT2D eigenvalue weighted by molar-refractivity contribution is 7.89. The van der Waals surface area contributed by atoms with E-state index in [4.69, 9.17) is 0 Å². The van der Waals surface area contributed by atoms with Crippen molar-refractivity contribution in [3.8, 4) is 0 Å². The topological polar surface area (TPSA) is 84.3 Å². The number of imidazole rings is 1. The Morgan fingerprint density at radius 1 is 1.31 bits per heavy atom. The van der Waals surface area contributed by atoms with Gasteiger partial charge in [0.05, 0.1) is 11.9 Å². The van der Waals surface area contributed by atoms with Crippen molar-refractivity contribution < 1.29 is 17.6 Å². The summed E-state index contributed by atoms with van der Waals surface area (Å²) < 4.78 is 42.3. The molecule has 1 aromatic heterocycles. The van der Waals surface area contributed by atoms with Gasteiger partial charge in [-0.1, -0.05) is 12.1 Å². The summed E-state index contributed by atoms with van der Waals surface area (Å²) in [4.78, 5) is 17.9. The highest BCUT2D eigenvalue weighted by atomic mass is 32.2. The smallest absolute Gasteiger partial charge is 0.259 e. The van der Waals surface area contributed by atoms with Crippen LogP contribution in [0.2, 0.25) is 0 Å². The lowest BCUT2D eigenvalue weighted by molar-refractivity contribution is 0.0687. The third-order valence-corrected chi connectivity index (χ3v) is 5.83.